The van der Waals surface area contributed by atoms with Crippen LogP contribution in [0.2, 0.25) is 0 Å². The lowest BCUT2D eigenvalue weighted by Crippen LogP contribution is -2.23. The van der Waals surface area contributed by atoms with Crippen LogP contribution in [0.5, 0.6) is 0 Å². The number of hydrogen-bond donors (Lipinski definition) is 0. The molecule has 0 saturated carbocycles. The molecular formula is C24H34N+. The standard InChI is InChI=1S/C17H26N.C7H8/c1-2-3-4-5-6-9-13-18-14-12-16-10-7-8-11-17(16)15-18;1-7-5-3-2-4-6-7/h7-8,10-11,15H,2-6,9,12-14H2,1H3;2-6H,1H3/q+1;. The van der Waals surface area contributed by atoms with Gasteiger partial charge in [0, 0.05) is 18.4 Å². The summed E-state index contributed by atoms with van der Waals surface area (Å²) in [5, 5.41) is 0. The molecule has 134 valence electrons. The molecule has 0 radical (unpaired) electrons. The van der Waals surface area contributed by atoms with Gasteiger partial charge in [0.1, 0.15) is 13.1 Å². The maximum Gasteiger partial charge on any atom is 0.170 e. The Hall–Kier alpha value is -1.89. The maximum absolute atomic E-state index is 2.50. The summed E-state index contributed by atoms with van der Waals surface area (Å²) in [4.78, 5) is 0. The molecule has 0 spiro atoms. The van der Waals surface area contributed by atoms with Gasteiger partial charge in [-0.2, -0.15) is 0 Å². The van der Waals surface area contributed by atoms with Crippen molar-refractivity contribution < 1.29 is 4.58 Å². The van der Waals surface area contributed by atoms with Gasteiger partial charge in [-0.3, -0.25) is 0 Å². The fourth-order valence-corrected chi connectivity index (χ4v) is 3.22. The number of nitrogens with zero attached hydrogens (tertiary/aromatic N) is 1. The molecule has 0 amide bonds. The molecule has 1 heterocycles. The van der Waals surface area contributed by atoms with E-state index in [1.165, 1.54) is 74.7 Å². The number of aryl methyl sites for hydroxylation is 1. The van der Waals surface area contributed by atoms with Crippen LogP contribution in [-0.2, 0) is 6.42 Å². The summed E-state index contributed by atoms with van der Waals surface area (Å²) in [6.07, 6.45) is 11.9. The average molecular weight is 337 g/mol. The van der Waals surface area contributed by atoms with Crippen molar-refractivity contribution in [1.29, 1.82) is 0 Å². The quantitative estimate of drug-likeness (QED) is 0.429. The van der Waals surface area contributed by atoms with Gasteiger partial charge in [-0.15, -0.1) is 0 Å². The maximum atomic E-state index is 2.50. The van der Waals surface area contributed by atoms with Crippen LogP contribution in [0.25, 0.3) is 0 Å². The molecular weight excluding hydrogens is 302 g/mol. The topological polar surface area (TPSA) is 3.01 Å². The Kier molecular flexibility index (Phi) is 9.04. The van der Waals surface area contributed by atoms with E-state index in [2.05, 4.69) is 61.0 Å². The summed E-state index contributed by atoms with van der Waals surface area (Å²) in [7, 11) is 0. The first-order valence-corrected chi connectivity index (χ1v) is 9.98. The van der Waals surface area contributed by atoms with Crippen LogP contribution in [0.15, 0.2) is 54.6 Å². The first-order chi connectivity index (χ1) is 12.3. The molecule has 3 rings (SSSR count). The van der Waals surface area contributed by atoms with Crippen LogP contribution >= 0.6 is 0 Å². The number of rotatable bonds is 7. The molecule has 1 nitrogen and oxygen atoms in total. The molecule has 25 heavy (non-hydrogen) atoms. The molecule has 2 aromatic rings. The molecule has 0 fully saturated rings. The zero-order valence-corrected chi connectivity index (χ0v) is 16.1. The molecule has 1 aliphatic rings. The molecule has 0 saturated heterocycles. The number of benzene rings is 2. The Bertz CT molecular complexity index is 628. The fraction of sp³-hybridized carbons (Fsp3) is 0.458. The predicted molar refractivity (Wildman–Crippen MR) is 110 cm³/mol. The Labute approximate surface area is 154 Å². The van der Waals surface area contributed by atoms with E-state index in [9.17, 15) is 0 Å². The molecule has 0 atom stereocenters. The van der Waals surface area contributed by atoms with E-state index in [0.29, 0.717) is 0 Å². The van der Waals surface area contributed by atoms with Crippen LogP contribution in [-0.4, -0.2) is 23.9 Å². The van der Waals surface area contributed by atoms with Crippen LogP contribution in [0.1, 0.15) is 62.1 Å². The first kappa shape index (κ1) is 19.4. The van der Waals surface area contributed by atoms with Crippen molar-refractivity contribution >= 4 is 6.21 Å². The first-order valence-electron chi connectivity index (χ1n) is 9.98. The third kappa shape index (κ3) is 7.69. The second-order valence-corrected chi connectivity index (χ2v) is 7.04. The summed E-state index contributed by atoms with van der Waals surface area (Å²) in [5.74, 6) is 0. The highest BCUT2D eigenvalue weighted by molar-refractivity contribution is 5.78. The highest BCUT2D eigenvalue weighted by Gasteiger charge is 2.14. The zero-order chi connectivity index (χ0) is 17.7. The summed E-state index contributed by atoms with van der Waals surface area (Å²) < 4.78 is 2.50. The van der Waals surface area contributed by atoms with Crippen molar-refractivity contribution in [2.75, 3.05) is 13.1 Å². The van der Waals surface area contributed by atoms with E-state index in [-0.39, 0.29) is 0 Å². The van der Waals surface area contributed by atoms with Crippen molar-refractivity contribution in [1.82, 2.24) is 0 Å². The summed E-state index contributed by atoms with van der Waals surface area (Å²) >= 11 is 0. The van der Waals surface area contributed by atoms with Gasteiger partial charge in [-0.25, -0.2) is 4.58 Å². The van der Waals surface area contributed by atoms with Gasteiger partial charge in [0.05, 0.1) is 0 Å². The lowest BCUT2D eigenvalue weighted by Gasteiger charge is -2.12. The van der Waals surface area contributed by atoms with Gasteiger partial charge in [0.2, 0.25) is 0 Å². The number of hydrogen-bond acceptors (Lipinski definition) is 0. The minimum Gasteiger partial charge on any atom is -0.235 e. The lowest BCUT2D eigenvalue weighted by atomic mass is 10.0. The minimum atomic E-state index is 1.20. The van der Waals surface area contributed by atoms with Crippen LogP contribution < -0.4 is 0 Å². The van der Waals surface area contributed by atoms with Gasteiger partial charge in [0.15, 0.2) is 6.21 Å². The molecule has 1 heteroatoms. The van der Waals surface area contributed by atoms with E-state index < -0.39 is 0 Å². The second kappa shape index (κ2) is 11.6. The summed E-state index contributed by atoms with van der Waals surface area (Å²) in [6, 6.07) is 19.0. The number of fused-ring (bicyclic) bond motifs is 1. The smallest absolute Gasteiger partial charge is 0.170 e. The minimum absolute atomic E-state index is 1.20. The highest BCUT2D eigenvalue weighted by atomic mass is 15.0. The van der Waals surface area contributed by atoms with Gasteiger partial charge in [-0.1, -0.05) is 86.7 Å². The van der Waals surface area contributed by atoms with E-state index >= 15 is 0 Å². The fourth-order valence-electron chi connectivity index (χ4n) is 3.22. The van der Waals surface area contributed by atoms with Crippen LogP contribution in [0, 0.1) is 6.92 Å². The molecule has 0 N–H and O–H groups in total. The summed E-state index contributed by atoms with van der Waals surface area (Å²) in [5.41, 5.74) is 4.26. The van der Waals surface area contributed by atoms with Gasteiger partial charge < -0.3 is 0 Å². The Morgan fingerprint density at radius 3 is 2.20 bits per heavy atom. The van der Waals surface area contributed by atoms with E-state index in [4.69, 9.17) is 0 Å². The largest absolute Gasteiger partial charge is 0.235 e. The van der Waals surface area contributed by atoms with E-state index in [0.717, 1.165) is 0 Å². The predicted octanol–water partition coefficient (Wildman–Crippen LogP) is 6.03. The highest BCUT2D eigenvalue weighted by Crippen LogP contribution is 2.12. The Balaban J connectivity index is 0.000000269. The second-order valence-electron chi connectivity index (χ2n) is 7.04. The van der Waals surface area contributed by atoms with Crippen molar-refractivity contribution in [2.45, 2.75) is 58.8 Å². The SMILES string of the molecule is CCCCCCCC[N+]1=Cc2ccccc2CC1.Cc1ccccc1. The lowest BCUT2D eigenvalue weighted by molar-refractivity contribution is -0.524. The van der Waals surface area contributed by atoms with Gasteiger partial charge in [0.25, 0.3) is 0 Å². The molecule has 0 bridgehead atoms. The molecule has 2 aromatic carbocycles. The molecule has 0 aliphatic carbocycles. The van der Waals surface area contributed by atoms with E-state index in [1.54, 1.807) is 0 Å². The monoisotopic (exact) mass is 336 g/mol. The normalized spacial score (nSPS) is 12.6. The Morgan fingerprint density at radius 1 is 0.800 bits per heavy atom. The third-order valence-electron chi connectivity index (χ3n) is 4.78. The number of unbranched alkanes of at least 4 members (excludes halogenated alkanes) is 5. The van der Waals surface area contributed by atoms with Gasteiger partial charge >= 0.3 is 0 Å². The van der Waals surface area contributed by atoms with Crippen molar-refractivity contribution in [3.05, 3.63) is 71.3 Å². The zero-order valence-electron chi connectivity index (χ0n) is 16.1. The van der Waals surface area contributed by atoms with Crippen molar-refractivity contribution in [2.24, 2.45) is 0 Å². The van der Waals surface area contributed by atoms with Crippen LogP contribution in [0.4, 0.5) is 0 Å². The third-order valence-corrected chi connectivity index (χ3v) is 4.78. The summed E-state index contributed by atoms with van der Waals surface area (Å²) in [6.45, 7) is 6.80. The molecule has 1 aliphatic heterocycles. The molecule has 0 aromatic heterocycles. The van der Waals surface area contributed by atoms with Gasteiger partial charge in [-0.05, 0) is 25.0 Å². The van der Waals surface area contributed by atoms with E-state index in [1.807, 2.05) is 18.2 Å². The Morgan fingerprint density at radius 2 is 1.48 bits per heavy atom. The van der Waals surface area contributed by atoms with Crippen molar-refractivity contribution in [3.63, 3.8) is 0 Å². The van der Waals surface area contributed by atoms with Crippen LogP contribution in [0.3, 0.4) is 0 Å². The average Bonchev–Trinajstić information content (AvgIpc) is 2.65. The molecule has 0 unspecified atom stereocenters. The van der Waals surface area contributed by atoms with Crippen molar-refractivity contribution in [3.8, 4) is 0 Å².